The van der Waals surface area contributed by atoms with Crippen molar-refractivity contribution in [1.29, 1.82) is 0 Å². The monoisotopic (exact) mass is 373 g/mol. The van der Waals surface area contributed by atoms with E-state index in [-0.39, 0.29) is 23.2 Å². The van der Waals surface area contributed by atoms with Crippen LogP contribution in [0, 0.1) is 11.3 Å². The van der Waals surface area contributed by atoms with Crippen molar-refractivity contribution in [3.8, 4) is 0 Å². The van der Waals surface area contributed by atoms with Gasteiger partial charge in [0.05, 0.1) is 18.5 Å². The predicted octanol–water partition coefficient (Wildman–Crippen LogP) is 0.245. The van der Waals surface area contributed by atoms with Crippen LogP contribution >= 0.6 is 19.0 Å². The standard InChI is InChI=1S/C13H17ClN5O4P/c1-24(22,23)3-13-2-5(13)7(8(20)9(13)21)19-4-16-6-10(15)17-12(14)18-11(6)19/h4-5,7-9,20-21H,2-3H2,1H3,(H,22,23)(H2,15,17,18)/t5-,7-,8+,9+,13?/m1/s1. The minimum absolute atomic E-state index is 0.0239. The summed E-state index contributed by atoms with van der Waals surface area (Å²) >= 11 is 5.86. The summed E-state index contributed by atoms with van der Waals surface area (Å²) in [5, 5.41) is 20.9. The van der Waals surface area contributed by atoms with Gasteiger partial charge in [-0.15, -0.1) is 0 Å². The molecule has 0 radical (unpaired) electrons. The van der Waals surface area contributed by atoms with Crippen LogP contribution in [0.15, 0.2) is 6.33 Å². The van der Waals surface area contributed by atoms with Gasteiger partial charge in [-0.3, -0.25) is 4.57 Å². The number of imidazole rings is 1. The van der Waals surface area contributed by atoms with Crippen LogP contribution in [0.3, 0.4) is 0 Å². The second-order valence-electron chi connectivity index (χ2n) is 6.88. The Bertz CT molecular complexity index is 885. The van der Waals surface area contributed by atoms with Crippen LogP contribution in [-0.4, -0.2) is 59.7 Å². The summed E-state index contributed by atoms with van der Waals surface area (Å²) in [5.41, 5.74) is 5.78. The molecule has 2 fully saturated rings. The Labute approximate surface area is 142 Å². The maximum Gasteiger partial charge on any atom is 0.226 e. The predicted molar refractivity (Wildman–Crippen MR) is 87.0 cm³/mol. The average Bonchev–Trinajstić information content (AvgIpc) is 2.90. The van der Waals surface area contributed by atoms with E-state index in [2.05, 4.69) is 15.0 Å². The molecule has 6 atom stereocenters. The lowest BCUT2D eigenvalue weighted by molar-refractivity contribution is -0.0133. The molecule has 5 N–H and O–H groups in total. The Morgan fingerprint density at radius 3 is 2.88 bits per heavy atom. The number of anilines is 1. The second-order valence-corrected chi connectivity index (χ2v) is 9.64. The number of nitrogens with zero attached hydrogens (tertiary/aromatic N) is 4. The first-order valence-electron chi connectivity index (χ1n) is 7.45. The highest BCUT2D eigenvalue weighted by Gasteiger charge is 2.72. The van der Waals surface area contributed by atoms with Gasteiger partial charge in [-0.1, -0.05) is 0 Å². The summed E-state index contributed by atoms with van der Waals surface area (Å²) in [5.74, 6) is -0.0115. The molecule has 0 saturated heterocycles. The zero-order valence-corrected chi connectivity index (χ0v) is 14.4. The van der Waals surface area contributed by atoms with Crippen LogP contribution in [-0.2, 0) is 4.57 Å². The molecule has 24 heavy (non-hydrogen) atoms. The fourth-order valence-electron chi connectivity index (χ4n) is 4.23. The fraction of sp³-hybridized carbons (Fsp3) is 0.615. The van der Waals surface area contributed by atoms with Gasteiger partial charge < -0.3 is 25.4 Å². The lowest BCUT2D eigenvalue weighted by Gasteiger charge is -2.24. The highest BCUT2D eigenvalue weighted by molar-refractivity contribution is 7.57. The minimum Gasteiger partial charge on any atom is -0.390 e. The summed E-state index contributed by atoms with van der Waals surface area (Å²) in [7, 11) is -3.33. The van der Waals surface area contributed by atoms with Crippen molar-refractivity contribution in [3.05, 3.63) is 11.6 Å². The van der Waals surface area contributed by atoms with Crippen LogP contribution in [0.5, 0.6) is 0 Å². The molecule has 0 aromatic carbocycles. The molecule has 2 aromatic rings. The topological polar surface area (TPSA) is 147 Å². The van der Waals surface area contributed by atoms with Gasteiger partial charge in [0.15, 0.2) is 18.8 Å². The first-order chi connectivity index (χ1) is 11.1. The van der Waals surface area contributed by atoms with E-state index >= 15 is 0 Å². The summed E-state index contributed by atoms with van der Waals surface area (Å²) < 4.78 is 13.5. The van der Waals surface area contributed by atoms with Crippen LogP contribution < -0.4 is 5.73 Å². The van der Waals surface area contributed by atoms with Crippen molar-refractivity contribution in [1.82, 2.24) is 19.5 Å². The van der Waals surface area contributed by atoms with Crippen LogP contribution in [0.4, 0.5) is 5.82 Å². The van der Waals surface area contributed by atoms with Gasteiger partial charge in [0.25, 0.3) is 0 Å². The molecule has 2 aromatic heterocycles. The molecular formula is C13H17ClN5O4P. The summed E-state index contributed by atoms with van der Waals surface area (Å²) in [6.45, 7) is 1.27. The number of hydrogen-bond acceptors (Lipinski definition) is 7. The third-order valence-electron chi connectivity index (χ3n) is 5.18. The maximum atomic E-state index is 11.8. The molecule has 0 bridgehead atoms. The van der Waals surface area contributed by atoms with E-state index in [9.17, 15) is 19.7 Å². The van der Waals surface area contributed by atoms with Gasteiger partial charge in [-0.2, -0.15) is 9.97 Å². The maximum absolute atomic E-state index is 11.8. The molecule has 11 heteroatoms. The number of halogens is 1. The Kier molecular flexibility index (Phi) is 3.31. The van der Waals surface area contributed by atoms with Gasteiger partial charge in [0.1, 0.15) is 11.6 Å². The van der Waals surface area contributed by atoms with E-state index in [0.29, 0.717) is 17.6 Å². The Morgan fingerprint density at radius 1 is 1.50 bits per heavy atom. The number of fused-ring (bicyclic) bond motifs is 2. The van der Waals surface area contributed by atoms with Crippen molar-refractivity contribution in [2.24, 2.45) is 11.3 Å². The molecule has 130 valence electrons. The number of nitrogen functional groups attached to an aromatic ring is 1. The SMILES string of the molecule is CP(=O)(O)CC12C[C@@H]1[C@@H](n1cnc3c(N)nc(Cl)nc31)[C@H](O)[C@@H]2O. The van der Waals surface area contributed by atoms with Crippen LogP contribution in [0.25, 0.3) is 11.2 Å². The first kappa shape index (κ1) is 16.2. The molecule has 2 aliphatic rings. The largest absolute Gasteiger partial charge is 0.390 e. The number of aliphatic hydroxyl groups is 2. The van der Waals surface area contributed by atoms with Crippen molar-refractivity contribution < 1.29 is 19.7 Å². The van der Waals surface area contributed by atoms with Gasteiger partial charge in [0, 0.05) is 18.2 Å². The van der Waals surface area contributed by atoms with E-state index in [1.54, 1.807) is 4.57 Å². The number of rotatable bonds is 3. The number of aliphatic hydroxyl groups excluding tert-OH is 2. The zero-order valence-electron chi connectivity index (χ0n) is 12.7. The number of aromatic nitrogens is 4. The molecule has 2 unspecified atom stereocenters. The molecule has 4 rings (SSSR count). The molecule has 0 spiro atoms. The van der Waals surface area contributed by atoms with Gasteiger partial charge >= 0.3 is 0 Å². The fourth-order valence-corrected chi connectivity index (χ4v) is 6.04. The van der Waals surface area contributed by atoms with Crippen molar-refractivity contribution in [2.75, 3.05) is 18.6 Å². The highest BCUT2D eigenvalue weighted by atomic mass is 35.5. The van der Waals surface area contributed by atoms with Gasteiger partial charge in [0.2, 0.25) is 5.28 Å². The third-order valence-corrected chi connectivity index (χ3v) is 6.53. The zero-order chi connectivity index (χ0) is 17.4. The lowest BCUT2D eigenvalue weighted by Crippen LogP contribution is -2.35. The summed E-state index contributed by atoms with van der Waals surface area (Å²) in [6.07, 6.45) is -0.166. The quantitative estimate of drug-likeness (QED) is 0.442. The molecule has 2 saturated carbocycles. The number of nitrogens with two attached hydrogens (primary N) is 1. The highest BCUT2D eigenvalue weighted by Crippen LogP contribution is 2.71. The van der Waals surface area contributed by atoms with Crippen molar-refractivity contribution >= 4 is 36.0 Å². The average molecular weight is 374 g/mol. The molecule has 0 aliphatic heterocycles. The minimum atomic E-state index is -3.33. The smallest absolute Gasteiger partial charge is 0.226 e. The van der Waals surface area contributed by atoms with E-state index in [1.165, 1.54) is 13.0 Å². The Morgan fingerprint density at radius 2 is 2.21 bits per heavy atom. The number of hydrogen-bond donors (Lipinski definition) is 4. The van der Waals surface area contributed by atoms with Crippen LogP contribution in [0.2, 0.25) is 5.28 Å². The summed E-state index contributed by atoms with van der Waals surface area (Å²) in [4.78, 5) is 21.9. The van der Waals surface area contributed by atoms with Crippen molar-refractivity contribution in [2.45, 2.75) is 24.7 Å². The normalized spacial score (nSPS) is 37.4. The first-order valence-corrected chi connectivity index (χ1v) is 10.1. The van der Waals surface area contributed by atoms with E-state index in [0.717, 1.165) is 0 Å². The second kappa shape index (κ2) is 4.89. The summed E-state index contributed by atoms with van der Waals surface area (Å²) in [6, 6.07) is -0.512. The molecular weight excluding hydrogens is 357 g/mol. The molecule has 2 aliphatic carbocycles. The lowest BCUT2D eigenvalue weighted by atomic mass is 10.0. The van der Waals surface area contributed by atoms with Crippen molar-refractivity contribution in [3.63, 3.8) is 0 Å². The van der Waals surface area contributed by atoms with E-state index < -0.39 is 31.0 Å². The van der Waals surface area contributed by atoms with Gasteiger partial charge in [-0.25, -0.2) is 4.98 Å². The molecule has 2 heterocycles. The van der Waals surface area contributed by atoms with Crippen LogP contribution in [0.1, 0.15) is 12.5 Å². The molecule has 0 amide bonds. The Hall–Kier alpha value is -1.25. The van der Waals surface area contributed by atoms with E-state index in [4.69, 9.17) is 17.3 Å². The van der Waals surface area contributed by atoms with E-state index in [1.807, 2.05) is 0 Å². The van der Waals surface area contributed by atoms with Gasteiger partial charge in [-0.05, 0) is 23.9 Å². The third kappa shape index (κ3) is 2.19. The molecule has 9 nitrogen and oxygen atoms in total. The Balaban J connectivity index is 1.78.